The van der Waals surface area contributed by atoms with E-state index in [2.05, 4.69) is 10.3 Å². The largest absolute Gasteiger partial charge is 0.332 e. The van der Waals surface area contributed by atoms with Gasteiger partial charge >= 0.3 is 5.69 Å². The number of hydrogen-bond donors (Lipinski definition) is 2. The van der Waals surface area contributed by atoms with Crippen LogP contribution in [0.5, 0.6) is 0 Å². The average Bonchev–Trinajstić information content (AvgIpc) is 2.57. The van der Waals surface area contributed by atoms with Crippen LogP contribution in [0, 0.1) is 0 Å². The van der Waals surface area contributed by atoms with Crippen molar-refractivity contribution in [1.82, 2.24) is 19.8 Å². The summed E-state index contributed by atoms with van der Waals surface area (Å²) in [6.45, 7) is 1.72. The third kappa shape index (κ3) is 3.58. The summed E-state index contributed by atoms with van der Waals surface area (Å²) in [6.07, 6.45) is 1.33. The quantitative estimate of drug-likeness (QED) is 0.838. The van der Waals surface area contributed by atoms with Crippen molar-refractivity contribution < 1.29 is 4.79 Å². The molecule has 126 valence electrons. The van der Waals surface area contributed by atoms with Crippen LogP contribution in [0.3, 0.4) is 0 Å². The number of rotatable bonds is 3. The number of nitrogens with zero attached hydrogens (tertiary/aromatic N) is 2. The van der Waals surface area contributed by atoms with E-state index in [4.69, 9.17) is 11.6 Å². The van der Waals surface area contributed by atoms with Crippen LogP contribution in [0.1, 0.15) is 11.6 Å². The number of aromatic nitrogens is 2. The lowest BCUT2D eigenvalue weighted by Crippen LogP contribution is -2.50. The van der Waals surface area contributed by atoms with E-state index < -0.39 is 11.2 Å². The first-order valence-corrected chi connectivity index (χ1v) is 7.98. The second-order valence-corrected chi connectivity index (χ2v) is 6.04. The number of amides is 1. The van der Waals surface area contributed by atoms with Crippen LogP contribution in [0.2, 0.25) is 5.02 Å². The van der Waals surface area contributed by atoms with Crippen molar-refractivity contribution in [3.05, 3.63) is 68.0 Å². The van der Waals surface area contributed by atoms with E-state index >= 15 is 0 Å². The van der Waals surface area contributed by atoms with Crippen LogP contribution in [0.25, 0.3) is 0 Å². The highest BCUT2D eigenvalue weighted by molar-refractivity contribution is 6.30. The predicted octanol–water partition coefficient (Wildman–Crippen LogP) is 0.363. The molecule has 1 atom stereocenters. The van der Waals surface area contributed by atoms with Gasteiger partial charge in [-0.1, -0.05) is 23.7 Å². The minimum atomic E-state index is -0.592. The molecule has 1 unspecified atom stereocenters. The predicted molar refractivity (Wildman–Crippen MR) is 90.1 cm³/mol. The summed E-state index contributed by atoms with van der Waals surface area (Å²) >= 11 is 6.05. The Morgan fingerprint density at radius 1 is 1.29 bits per heavy atom. The fraction of sp³-hybridized carbons (Fsp3) is 0.312. The highest BCUT2D eigenvalue weighted by Gasteiger charge is 2.28. The molecule has 0 aliphatic carbocycles. The zero-order chi connectivity index (χ0) is 17.1. The number of nitrogens with one attached hydrogen (secondary N) is 2. The Kier molecular flexibility index (Phi) is 4.82. The number of aromatic amines is 1. The maximum atomic E-state index is 12.7. The maximum Gasteiger partial charge on any atom is 0.328 e. The van der Waals surface area contributed by atoms with Crippen molar-refractivity contribution in [3.8, 4) is 0 Å². The minimum absolute atomic E-state index is 0.118. The molecular formula is C16H17ClN4O3. The lowest BCUT2D eigenvalue weighted by molar-refractivity contribution is -0.135. The summed E-state index contributed by atoms with van der Waals surface area (Å²) in [5, 5.41) is 3.88. The van der Waals surface area contributed by atoms with Crippen LogP contribution in [-0.2, 0) is 11.3 Å². The number of halogens is 1. The zero-order valence-electron chi connectivity index (χ0n) is 12.9. The molecule has 0 bridgehead atoms. The molecule has 1 aliphatic heterocycles. The fourth-order valence-electron chi connectivity index (χ4n) is 2.82. The standard InChI is InChI=1S/C16H17ClN4O3/c17-12-3-1-2-11(8-12)13-9-18-5-7-21(13)15(23)10-20-6-4-14(22)19-16(20)24/h1-4,6,8,13,18H,5,7,9-10H2,(H,19,22,24). The smallest absolute Gasteiger partial charge is 0.328 e. The third-order valence-electron chi connectivity index (χ3n) is 4.00. The first kappa shape index (κ1) is 16.5. The second-order valence-electron chi connectivity index (χ2n) is 5.60. The Labute approximate surface area is 142 Å². The molecule has 2 heterocycles. The first-order chi connectivity index (χ1) is 11.5. The molecule has 1 saturated heterocycles. The van der Waals surface area contributed by atoms with Crippen molar-refractivity contribution >= 4 is 17.5 Å². The zero-order valence-corrected chi connectivity index (χ0v) is 13.6. The van der Waals surface area contributed by atoms with Crippen molar-refractivity contribution in [1.29, 1.82) is 0 Å². The van der Waals surface area contributed by atoms with E-state index in [0.29, 0.717) is 24.7 Å². The number of H-pyrrole nitrogens is 1. The van der Waals surface area contributed by atoms with E-state index in [0.717, 1.165) is 5.56 Å². The summed E-state index contributed by atoms with van der Waals surface area (Å²) in [7, 11) is 0. The van der Waals surface area contributed by atoms with Crippen LogP contribution in [-0.4, -0.2) is 40.0 Å². The number of carbonyl (C=O) groups is 1. The van der Waals surface area contributed by atoms with Gasteiger partial charge in [0.2, 0.25) is 5.91 Å². The molecule has 1 aliphatic rings. The Bertz CT molecular complexity index is 861. The molecule has 1 aromatic heterocycles. The minimum Gasteiger partial charge on any atom is -0.332 e. The first-order valence-electron chi connectivity index (χ1n) is 7.60. The van der Waals surface area contributed by atoms with Crippen LogP contribution >= 0.6 is 11.6 Å². The Balaban J connectivity index is 1.83. The van der Waals surface area contributed by atoms with Crippen LogP contribution < -0.4 is 16.6 Å². The van der Waals surface area contributed by atoms with Gasteiger partial charge in [0.15, 0.2) is 0 Å². The number of piperazine rings is 1. The van der Waals surface area contributed by atoms with Crippen molar-refractivity contribution in [2.75, 3.05) is 19.6 Å². The summed E-state index contributed by atoms with van der Waals surface area (Å²) in [4.78, 5) is 39.4. The van der Waals surface area contributed by atoms with Gasteiger partial charge in [-0.2, -0.15) is 0 Å². The fourth-order valence-corrected chi connectivity index (χ4v) is 3.02. The van der Waals surface area contributed by atoms with Gasteiger partial charge in [-0.25, -0.2) is 4.79 Å². The van der Waals surface area contributed by atoms with Crippen molar-refractivity contribution in [2.45, 2.75) is 12.6 Å². The number of carbonyl (C=O) groups excluding carboxylic acids is 1. The molecule has 7 nitrogen and oxygen atoms in total. The van der Waals surface area contributed by atoms with E-state index in [1.165, 1.54) is 16.8 Å². The lowest BCUT2D eigenvalue weighted by atomic mass is 10.0. The van der Waals surface area contributed by atoms with E-state index in [9.17, 15) is 14.4 Å². The van der Waals surface area contributed by atoms with Gasteiger partial charge in [0.05, 0.1) is 6.04 Å². The van der Waals surface area contributed by atoms with Crippen LogP contribution in [0.4, 0.5) is 0 Å². The molecule has 3 rings (SSSR count). The van der Waals surface area contributed by atoms with Crippen LogP contribution in [0.15, 0.2) is 46.1 Å². The van der Waals surface area contributed by atoms with E-state index in [-0.39, 0.29) is 18.5 Å². The average molecular weight is 349 g/mol. The van der Waals surface area contributed by atoms with Crippen molar-refractivity contribution in [2.24, 2.45) is 0 Å². The molecule has 24 heavy (non-hydrogen) atoms. The summed E-state index contributed by atoms with van der Waals surface area (Å²) < 4.78 is 1.20. The van der Waals surface area contributed by atoms with Gasteiger partial charge in [0.25, 0.3) is 5.56 Å². The molecule has 0 radical (unpaired) electrons. The maximum absolute atomic E-state index is 12.7. The molecule has 1 amide bonds. The summed E-state index contributed by atoms with van der Waals surface area (Å²) in [5.74, 6) is -0.185. The lowest BCUT2D eigenvalue weighted by Gasteiger charge is -2.36. The molecular weight excluding hydrogens is 332 g/mol. The van der Waals surface area contributed by atoms with Gasteiger partial charge < -0.3 is 10.2 Å². The van der Waals surface area contributed by atoms with Gasteiger partial charge in [0, 0.05) is 36.9 Å². The van der Waals surface area contributed by atoms with Crippen molar-refractivity contribution in [3.63, 3.8) is 0 Å². The normalized spacial score (nSPS) is 17.7. The molecule has 1 fully saturated rings. The van der Waals surface area contributed by atoms with E-state index in [1.54, 1.807) is 11.0 Å². The van der Waals surface area contributed by atoms with Gasteiger partial charge in [-0.05, 0) is 17.7 Å². The summed E-state index contributed by atoms with van der Waals surface area (Å²) in [6, 6.07) is 8.47. The molecule has 0 saturated carbocycles. The molecule has 0 spiro atoms. The highest BCUT2D eigenvalue weighted by atomic mass is 35.5. The van der Waals surface area contributed by atoms with Gasteiger partial charge in [-0.15, -0.1) is 0 Å². The Hall–Kier alpha value is -2.38. The molecule has 1 aromatic carbocycles. The molecule has 2 aromatic rings. The SMILES string of the molecule is O=C(Cn1ccc(=O)[nH]c1=O)N1CCNCC1c1cccc(Cl)c1. The second kappa shape index (κ2) is 7.02. The van der Waals surface area contributed by atoms with E-state index in [1.807, 2.05) is 18.2 Å². The highest BCUT2D eigenvalue weighted by Crippen LogP contribution is 2.24. The molecule has 8 heteroatoms. The Morgan fingerprint density at radius 3 is 2.88 bits per heavy atom. The number of hydrogen-bond acceptors (Lipinski definition) is 4. The topological polar surface area (TPSA) is 87.2 Å². The molecule has 2 N–H and O–H groups in total. The van der Waals surface area contributed by atoms with Gasteiger partial charge in [0.1, 0.15) is 6.54 Å². The number of benzene rings is 1. The third-order valence-corrected chi connectivity index (χ3v) is 4.23. The monoisotopic (exact) mass is 348 g/mol. The summed E-state index contributed by atoms with van der Waals surface area (Å²) in [5.41, 5.74) is -0.134. The Morgan fingerprint density at radius 2 is 2.12 bits per heavy atom. The van der Waals surface area contributed by atoms with Gasteiger partial charge in [-0.3, -0.25) is 19.1 Å².